The van der Waals surface area contributed by atoms with Gasteiger partial charge in [-0.25, -0.2) is 8.42 Å². The number of alkyl halides is 3. The van der Waals surface area contributed by atoms with Crippen LogP contribution in [0.1, 0.15) is 0 Å². The minimum atomic E-state index is -4.90. The second kappa shape index (κ2) is 4.60. The predicted octanol–water partition coefficient (Wildman–Crippen LogP) is 0.0222. The van der Waals surface area contributed by atoms with Gasteiger partial charge in [-0.05, 0) is 0 Å². The van der Waals surface area contributed by atoms with Gasteiger partial charge < -0.3 is 5.11 Å². The standard InChI is InChI=1S/C5H7F3O5S/c6-5(7,8)13-1-2-14(11,12)3-4(9)10/h1-3H2,(H,9,10). The Kier molecular flexibility index (Phi) is 4.33. The van der Waals surface area contributed by atoms with E-state index < -0.39 is 40.3 Å². The molecule has 0 fully saturated rings. The van der Waals surface area contributed by atoms with E-state index in [1.54, 1.807) is 0 Å². The summed E-state index contributed by atoms with van der Waals surface area (Å²) in [7, 11) is -4.03. The van der Waals surface area contributed by atoms with Crippen molar-refractivity contribution >= 4 is 15.8 Å². The van der Waals surface area contributed by atoms with Gasteiger partial charge in [0.15, 0.2) is 9.84 Å². The van der Waals surface area contributed by atoms with Crippen molar-refractivity contribution in [3.8, 4) is 0 Å². The predicted molar refractivity (Wildman–Crippen MR) is 38.3 cm³/mol. The zero-order valence-corrected chi connectivity index (χ0v) is 7.56. The van der Waals surface area contributed by atoms with Crippen LogP contribution in [0.15, 0.2) is 0 Å². The zero-order valence-electron chi connectivity index (χ0n) is 6.74. The third kappa shape index (κ3) is 7.80. The number of sulfone groups is 1. The highest BCUT2D eigenvalue weighted by Crippen LogP contribution is 2.15. The number of carboxylic acid groups (broad SMARTS) is 1. The first kappa shape index (κ1) is 13.2. The van der Waals surface area contributed by atoms with Gasteiger partial charge in [-0.15, -0.1) is 13.2 Å². The lowest BCUT2D eigenvalue weighted by Gasteiger charge is -2.06. The van der Waals surface area contributed by atoms with Crippen LogP contribution in [0.5, 0.6) is 0 Å². The maximum atomic E-state index is 11.4. The molecule has 0 radical (unpaired) electrons. The maximum Gasteiger partial charge on any atom is 0.522 e. The fraction of sp³-hybridized carbons (Fsp3) is 0.800. The van der Waals surface area contributed by atoms with Gasteiger partial charge in [-0.1, -0.05) is 0 Å². The minimum absolute atomic E-state index is 0.973. The summed E-state index contributed by atoms with van der Waals surface area (Å²) in [5.74, 6) is -3.79. The molecule has 0 spiro atoms. The van der Waals surface area contributed by atoms with Gasteiger partial charge in [0, 0.05) is 0 Å². The SMILES string of the molecule is O=C(O)CS(=O)(=O)CCOC(F)(F)F. The van der Waals surface area contributed by atoms with Crippen LogP contribution in [0, 0.1) is 0 Å². The van der Waals surface area contributed by atoms with Crippen molar-refractivity contribution in [2.45, 2.75) is 6.36 Å². The lowest BCUT2D eigenvalue weighted by Crippen LogP contribution is -2.24. The van der Waals surface area contributed by atoms with E-state index in [1.165, 1.54) is 0 Å². The molecule has 0 amide bonds. The first-order valence-electron chi connectivity index (χ1n) is 3.25. The Morgan fingerprint density at radius 2 is 1.86 bits per heavy atom. The van der Waals surface area contributed by atoms with Gasteiger partial charge in [0.1, 0.15) is 5.75 Å². The third-order valence-corrected chi connectivity index (χ3v) is 2.48. The molecule has 0 aromatic heterocycles. The highest BCUT2D eigenvalue weighted by atomic mass is 32.2. The summed E-state index contributed by atoms with van der Waals surface area (Å²) in [6.07, 6.45) is -4.90. The second-order valence-corrected chi connectivity index (χ2v) is 4.46. The Bertz CT molecular complexity index is 293. The summed E-state index contributed by atoms with van der Waals surface area (Å²) in [6, 6.07) is 0. The number of carboxylic acids is 1. The molecule has 9 heteroatoms. The Labute approximate surface area is 77.4 Å². The van der Waals surface area contributed by atoms with Crippen molar-refractivity contribution in [3.05, 3.63) is 0 Å². The van der Waals surface area contributed by atoms with E-state index in [9.17, 15) is 26.4 Å². The molecule has 0 aliphatic rings. The highest BCUT2D eigenvalue weighted by molar-refractivity contribution is 7.92. The Morgan fingerprint density at radius 1 is 1.36 bits per heavy atom. The molecule has 5 nitrogen and oxygen atoms in total. The Balaban J connectivity index is 3.96. The molecular formula is C5H7F3O5S. The lowest BCUT2D eigenvalue weighted by atomic mass is 10.8. The van der Waals surface area contributed by atoms with Gasteiger partial charge in [-0.3, -0.25) is 9.53 Å². The Hall–Kier alpha value is -0.830. The van der Waals surface area contributed by atoms with E-state index in [0.717, 1.165) is 0 Å². The van der Waals surface area contributed by atoms with Gasteiger partial charge in [-0.2, -0.15) is 0 Å². The van der Waals surface area contributed by atoms with Crippen LogP contribution in [0.25, 0.3) is 0 Å². The number of halogens is 3. The minimum Gasteiger partial charge on any atom is -0.480 e. The molecule has 1 N–H and O–H groups in total. The number of hydrogen-bond donors (Lipinski definition) is 1. The van der Waals surface area contributed by atoms with Crippen molar-refractivity contribution in [2.75, 3.05) is 18.1 Å². The normalized spacial score (nSPS) is 12.8. The smallest absolute Gasteiger partial charge is 0.480 e. The molecule has 0 heterocycles. The Morgan fingerprint density at radius 3 is 2.21 bits per heavy atom. The quantitative estimate of drug-likeness (QED) is 0.727. The maximum absolute atomic E-state index is 11.4. The summed E-state index contributed by atoms with van der Waals surface area (Å²) in [5.41, 5.74) is 0. The number of aliphatic carboxylic acids is 1. The number of ether oxygens (including phenoxy) is 1. The van der Waals surface area contributed by atoms with Crippen molar-refractivity contribution < 1.29 is 36.2 Å². The fourth-order valence-electron chi connectivity index (χ4n) is 0.545. The first-order chi connectivity index (χ1) is 6.12. The number of rotatable bonds is 5. The van der Waals surface area contributed by atoms with E-state index in [1.807, 2.05) is 0 Å². The summed E-state index contributed by atoms with van der Waals surface area (Å²) in [6.45, 7) is -1.10. The van der Waals surface area contributed by atoms with Gasteiger partial charge >= 0.3 is 12.3 Å². The molecule has 84 valence electrons. The molecule has 0 bridgehead atoms. The van der Waals surface area contributed by atoms with E-state index in [2.05, 4.69) is 4.74 Å². The van der Waals surface area contributed by atoms with Crippen molar-refractivity contribution in [1.82, 2.24) is 0 Å². The largest absolute Gasteiger partial charge is 0.522 e. The van der Waals surface area contributed by atoms with Crippen LogP contribution in [0.2, 0.25) is 0 Å². The lowest BCUT2D eigenvalue weighted by molar-refractivity contribution is -0.322. The van der Waals surface area contributed by atoms with Gasteiger partial charge in [0.05, 0.1) is 12.4 Å². The molecule has 0 aromatic carbocycles. The van der Waals surface area contributed by atoms with E-state index in [4.69, 9.17) is 5.11 Å². The van der Waals surface area contributed by atoms with Crippen LogP contribution in [-0.2, 0) is 19.4 Å². The van der Waals surface area contributed by atoms with Crippen LogP contribution < -0.4 is 0 Å². The molecule has 0 aliphatic heterocycles. The molecule has 0 aromatic rings. The third-order valence-electron chi connectivity index (χ3n) is 1.00. The van der Waals surface area contributed by atoms with Crippen LogP contribution in [0.3, 0.4) is 0 Å². The topological polar surface area (TPSA) is 80.7 Å². The first-order valence-corrected chi connectivity index (χ1v) is 5.07. The van der Waals surface area contributed by atoms with Crippen LogP contribution in [-0.4, -0.2) is 44.0 Å². The van der Waals surface area contributed by atoms with E-state index in [-0.39, 0.29) is 0 Å². The van der Waals surface area contributed by atoms with E-state index in [0.29, 0.717) is 0 Å². The molecule has 0 saturated carbocycles. The number of carbonyl (C=O) groups is 1. The fourth-order valence-corrected chi connectivity index (χ4v) is 1.40. The average molecular weight is 236 g/mol. The van der Waals surface area contributed by atoms with Crippen molar-refractivity contribution in [2.24, 2.45) is 0 Å². The molecule has 14 heavy (non-hydrogen) atoms. The van der Waals surface area contributed by atoms with Crippen molar-refractivity contribution in [3.63, 3.8) is 0 Å². The summed E-state index contributed by atoms with van der Waals surface area (Å²) >= 11 is 0. The van der Waals surface area contributed by atoms with Crippen molar-refractivity contribution in [1.29, 1.82) is 0 Å². The molecule has 0 atom stereocenters. The second-order valence-electron chi connectivity index (χ2n) is 2.28. The van der Waals surface area contributed by atoms with Gasteiger partial charge in [0.25, 0.3) is 0 Å². The molecule has 0 aliphatic carbocycles. The number of hydrogen-bond acceptors (Lipinski definition) is 4. The highest BCUT2D eigenvalue weighted by Gasteiger charge is 2.29. The van der Waals surface area contributed by atoms with Gasteiger partial charge in [0.2, 0.25) is 0 Å². The average Bonchev–Trinajstić information content (AvgIpc) is 1.78. The summed E-state index contributed by atoms with van der Waals surface area (Å²) in [5, 5.41) is 8.07. The van der Waals surface area contributed by atoms with Crippen LogP contribution in [0.4, 0.5) is 13.2 Å². The van der Waals surface area contributed by atoms with E-state index >= 15 is 0 Å². The molecule has 0 unspecified atom stereocenters. The summed E-state index contributed by atoms with van der Waals surface area (Å²) < 4.78 is 58.7. The molecular weight excluding hydrogens is 229 g/mol. The molecule has 0 rings (SSSR count). The van der Waals surface area contributed by atoms with Crippen LogP contribution >= 0.6 is 0 Å². The zero-order chi connectivity index (χ0) is 11.4. The summed E-state index contributed by atoms with van der Waals surface area (Å²) in [4.78, 5) is 9.93. The monoisotopic (exact) mass is 236 g/mol. The molecule has 0 saturated heterocycles.